The molecule has 0 spiro atoms. The summed E-state index contributed by atoms with van der Waals surface area (Å²) in [5.41, 5.74) is 4.47. The van der Waals surface area contributed by atoms with Gasteiger partial charge in [0, 0.05) is 26.1 Å². The highest BCUT2D eigenvalue weighted by Crippen LogP contribution is 2.28. The topological polar surface area (TPSA) is 54.0 Å². The maximum atomic E-state index is 12.4. The predicted molar refractivity (Wildman–Crippen MR) is 140 cm³/mol. The van der Waals surface area contributed by atoms with Crippen molar-refractivity contribution in [3.63, 3.8) is 0 Å². The molecule has 0 saturated heterocycles. The van der Waals surface area contributed by atoms with Crippen molar-refractivity contribution >= 4 is 6.16 Å². The van der Waals surface area contributed by atoms with Crippen molar-refractivity contribution < 1.29 is 23.7 Å². The molecule has 5 nitrogen and oxygen atoms in total. The summed E-state index contributed by atoms with van der Waals surface area (Å²) in [5.74, 6) is 1.00. The molecule has 4 aromatic rings. The van der Waals surface area contributed by atoms with E-state index in [9.17, 15) is 4.79 Å². The number of ether oxygens (including phenoxy) is 4. The van der Waals surface area contributed by atoms with Crippen molar-refractivity contribution in [3.05, 3.63) is 131 Å². The summed E-state index contributed by atoms with van der Waals surface area (Å²) in [5, 5.41) is 0. The van der Waals surface area contributed by atoms with E-state index in [4.69, 9.17) is 18.9 Å². The first-order chi connectivity index (χ1) is 17.7. The summed E-state index contributed by atoms with van der Waals surface area (Å²) in [6.45, 7) is 1.11. The third-order valence-electron chi connectivity index (χ3n) is 6.04. The molecule has 0 aliphatic heterocycles. The van der Waals surface area contributed by atoms with Crippen LogP contribution in [0.1, 0.15) is 34.1 Å². The van der Waals surface area contributed by atoms with Gasteiger partial charge in [0.05, 0.1) is 13.2 Å². The van der Waals surface area contributed by atoms with E-state index in [-0.39, 0.29) is 11.8 Å². The lowest BCUT2D eigenvalue weighted by Gasteiger charge is -2.18. The molecule has 0 aliphatic carbocycles. The standard InChI is InChI=1S/C31H30O5/c1-33-21-29(23-9-5-3-6-10-23)25-13-17-27(18-14-25)35-31(32)36-28-19-15-26(16-20-28)30(22-34-2)24-11-7-4-8-12-24/h3-20,29-30H,21-22H2,1-2H3. The van der Waals surface area contributed by atoms with E-state index >= 15 is 0 Å². The Labute approximate surface area is 212 Å². The number of carbonyl (C=O) groups is 1. The SMILES string of the molecule is COCC(c1ccccc1)c1ccc(OC(=O)Oc2ccc(C(COC)c3ccccc3)cc2)cc1. The number of hydrogen-bond acceptors (Lipinski definition) is 5. The van der Waals surface area contributed by atoms with Crippen molar-refractivity contribution in [1.82, 2.24) is 0 Å². The van der Waals surface area contributed by atoms with Gasteiger partial charge < -0.3 is 18.9 Å². The Balaban J connectivity index is 1.38. The van der Waals surface area contributed by atoms with E-state index in [0.29, 0.717) is 24.7 Å². The van der Waals surface area contributed by atoms with Gasteiger partial charge in [-0.1, -0.05) is 84.9 Å². The molecule has 0 N–H and O–H groups in total. The lowest BCUT2D eigenvalue weighted by atomic mass is 9.92. The zero-order valence-corrected chi connectivity index (χ0v) is 20.5. The first kappa shape index (κ1) is 25.2. The van der Waals surface area contributed by atoms with Crippen LogP contribution in [0.5, 0.6) is 11.5 Å². The molecule has 2 atom stereocenters. The van der Waals surface area contributed by atoms with Gasteiger partial charge in [-0.15, -0.1) is 0 Å². The summed E-state index contributed by atoms with van der Waals surface area (Å²) in [7, 11) is 3.38. The first-order valence-electron chi connectivity index (χ1n) is 11.8. The zero-order chi connectivity index (χ0) is 25.2. The smallest absolute Gasteiger partial charge is 0.395 e. The van der Waals surface area contributed by atoms with Crippen LogP contribution < -0.4 is 9.47 Å². The highest BCUT2D eigenvalue weighted by Gasteiger charge is 2.16. The maximum absolute atomic E-state index is 12.4. The molecule has 4 aromatic carbocycles. The Morgan fingerprint density at radius 3 is 1.19 bits per heavy atom. The van der Waals surface area contributed by atoms with E-state index < -0.39 is 6.16 Å². The fraction of sp³-hybridized carbons (Fsp3) is 0.194. The molecule has 4 rings (SSSR count). The van der Waals surface area contributed by atoms with E-state index in [2.05, 4.69) is 24.3 Å². The molecule has 0 amide bonds. The third kappa shape index (κ3) is 6.60. The third-order valence-corrected chi connectivity index (χ3v) is 6.04. The fourth-order valence-electron chi connectivity index (χ4n) is 4.22. The van der Waals surface area contributed by atoms with Crippen molar-refractivity contribution in [2.45, 2.75) is 11.8 Å². The average molecular weight is 483 g/mol. The maximum Gasteiger partial charge on any atom is 0.519 e. The highest BCUT2D eigenvalue weighted by atomic mass is 16.7. The van der Waals surface area contributed by atoms with Crippen LogP contribution in [0.4, 0.5) is 4.79 Å². The van der Waals surface area contributed by atoms with Gasteiger partial charge in [-0.25, -0.2) is 4.79 Å². The molecule has 184 valence electrons. The molecule has 0 bridgehead atoms. The second kappa shape index (κ2) is 12.7. The van der Waals surface area contributed by atoms with Crippen LogP contribution in [-0.4, -0.2) is 33.6 Å². The summed E-state index contributed by atoms with van der Waals surface area (Å²) in [4.78, 5) is 12.4. The summed E-state index contributed by atoms with van der Waals surface area (Å²) in [6.07, 6.45) is -0.788. The Morgan fingerprint density at radius 1 is 0.528 bits per heavy atom. The van der Waals surface area contributed by atoms with E-state index in [1.807, 2.05) is 60.7 Å². The van der Waals surface area contributed by atoms with Crippen molar-refractivity contribution in [2.75, 3.05) is 27.4 Å². The second-order valence-corrected chi connectivity index (χ2v) is 8.43. The van der Waals surface area contributed by atoms with Crippen molar-refractivity contribution in [1.29, 1.82) is 0 Å². The van der Waals surface area contributed by atoms with Crippen molar-refractivity contribution in [3.8, 4) is 11.5 Å². The number of carbonyl (C=O) groups excluding carboxylic acids is 1. The fourth-order valence-corrected chi connectivity index (χ4v) is 4.22. The molecule has 0 heterocycles. The van der Waals surface area contributed by atoms with Crippen molar-refractivity contribution in [2.24, 2.45) is 0 Å². The van der Waals surface area contributed by atoms with Crippen LogP contribution in [0.15, 0.2) is 109 Å². The van der Waals surface area contributed by atoms with E-state index in [1.54, 1.807) is 38.5 Å². The number of benzene rings is 4. The Morgan fingerprint density at radius 2 is 0.861 bits per heavy atom. The molecule has 0 aliphatic rings. The molecule has 2 unspecified atom stereocenters. The highest BCUT2D eigenvalue weighted by molar-refractivity contribution is 5.67. The van der Waals surface area contributed by atoms with Gasteiger partial charge in [-0.2, -0.15) is 0 Å². The predicted octanol–water partition coefficient (Wildman–Crippen LogP) is 6.82. The van der Waals surface area contributed by atoms with Gasteiger partial charge in [0.15, 0.2) is 0 Å². The zero-order valence-electron chi connectivity index (χ0n) is 20.5. The van der Waals surface area contributed by atoms with Gasteiger partial charge in [0.25, 0.3) is 0 Å². The largest absolute Gasteiger partial charge is 0.519 e. The van der Waals surface area contributed by atoms with Gasteiger partial charge in [-0.05, 0) is 46.5 Å². The van der Waals surface area contributed by atoms with Gasteiger partial charge in [-0.3, -0.25) is 0 Å². The number of methoxy groups -OCH3 is 2. The average Bonchev–Trinajstić information content (AvgIpc) is 2.92. The summed E-state index contributed by atoms with van der Waals surface area (Å²) >= 11 is 0. The second-order valence-electron chi connectivity index (χ2n) is 8.43. The monoisotopic (exact) mass is 482 g/mol. The molecule has 0 fully saturated rings. The summed E-state index contributed by atoms with van der Waals surface area (Å²) in [6, 6.07) is 35.1. The molecular formula is C31H30O5. The molecular weight excluding hydrogens is 452 g/mol. The summed E-state index contributed by atoms with van der Waals surface area (Å²) < 4.78 is 21.6. The Hall–Kier alpha value is -3.93. The molecule has 36 heavy (non-hydrogen) atoms. The van der Waals surface area contributed by atoms with E-state index in [0.717, 1.165) is 22.3 Å². The molecule has 0 saturated carbocycles. The van der Waals surface area contributed by atoms with Crippen LogP contribution in [-0.2, 0) is 9.47 Å². The normalized spacial score (nSPS) is 12.5. The quantitative estimate of drug-likeness (QED) is 0.183. The van der Waals surface area contributed by atoms with Crippen LogP contribution in [0.3, 0.4) is 0 Å². The Kier molecular flexibility index (Phi) is 8.87. The number of rotatable bonds is 10. The first-order valence-corrected chi connectivity index (χ1v) is 11.8. The van der Waals surface area contributed by atoms with Gasteiger partial charge in [0.2, 0.25) is 0 Å². The number of hydrogen-bond donors (Lipinski definition) is 0. The molecule has 0 aromatic heterocycles. The lowest BCUT2D eigenvalue weighted by molar-refractivity contribution is 0.152. The minimum atomic E-state index is -0.788. The molecule has 5 heteroatoms. The van der Waals surface area contributed by atoms with Crippen LogP contribution in [0, 0.1) is 0 Å². The lowest BCUT2D eigenvalue weighted by Crippen LogP contribution is -2.14. The Bertz CT molecular complexity index is 1110. The van der Waals surface area contributed by atoms with Gasteiger partial charge >= 0.3 is 6.16 Å². The van der Waals surface area contributed by atoms with Crippen LogP contribution >= 0.6 is 0 Å². The van der Waals surface area contributed by atoms with Crippen LogP contribution in [0.2, 0.25) is 0 Å². The minimum Gasteiger partial charge on any atom is -0.395 e. The van der Waals surface area contributed by atoms with E-state index in [1.165, 1.54) is 0 Å². The van der Waals surface area contributed by atoms with Crippen LogP contribution in [0.25, 0.3) is 0 Å². The minimum absolute atomic E-state index is 0.0912. The van der Waals surface area contributed by atoms with Gasteiger partial charge in [0.1, 0.15) is 11.5 Å². The molecule has 0 radical (unpaired) electrons.